The van der Waals surface area contributed by atoms with Crippen LogP contribution in [0.2, 0.25) is 0 Å². The SMILES string of the molecule is COC(=O)[C@@]1(Cc2ccccc2)CC(=O)[C@H](Cc2ccccc2)NC1=O. The number of ether oxygens (including phenoxy) is 1. The highest BCUT2D eigenvalue weighted by Crippen LogP contribution is 2.34. The van der Waals surface area contributed by atoms with Gasteiger partial charge in [-0.25, -0.2) is 0 Å². The number of rotatable bonds is 5. The lowest BCUT2D eigenvalue weighted by molar-refractivity contribution is -0.164. The number of amides is 1. The van der Waals surface area contributed by atoms with E-state index >= 15 is 0 Å². The van der Waals surface area contributed by atoms with Crippen LogP contribution >= 0.6 is 0 Å². The number of hydrogen-bond donors (Lipinski definition) is 1. The van der Waals surface area contributed by atoms with Crippen LogP contribution in [0.4, 0.5) is 0 Å². The predicted molar refractivity (Wildman–Crippen MR) is 96.3 cm³/mol. The summed E-state index contributed by atoms with van der Waals surface area (Å²) in [4.78, 5) is 38.1. The van der Waals surface area contributed by atoms with Crippen molar-refractivity contribution in [2.75, 3.05) is 7.11 Å². The summed E-state index contributed by atoms with van der Waals surface area (Å²) in [5.74, 6) is -1.28. The van der Waals surface area contributed by atoms with E-state index in [0.717, 1.165) is 11.1 Å². The minimum atomic E-state index is -1.51. The van der Waals surface area contributed by atoms with Gasteiger partial charge >= 0.3 is 5.97 Å². The minimum absolute atomic E-state index is 0.135. The van der Waals surface area contributed by atoms with Crippen molar-refractivity contribution in [3.8, 4) is 0 Å². The number of hydrogen-bond acceptors (Lipinski definition) is 4. The molecule has 26 heavy (non-hydrogen) atoms. The minimum Gasteiger partial charge on any atom is -0.468 e. The molecule has 0 saturated carbocycles. The van der Waals surface area contributed by atoms with Gasteiger partial charge < -0.3 is 10.1 Å². The lowest BCUT2D eigenvalue weighted by Crippen LogP contribution is -2.60. The van der Waals surface area contributed by atoms with Crippen molar-refractivity contribution in [1.29, 1.82) is 0 Å². The zero-order chi connectivity index (χ0) is 18.6. The Morgan fingerprint density at radius 2 is 1.62 bits per heavy atom. The Balaban J connectivity index is 1.85. The predicted octanol–water partition coefficient (Wildman–Crippen LogP) is 2.09. The van der Waals surface area contributed by atoms with E-state index in [1.807, 2.05) is 60.7 Å². The molecule has 1 N–H and O–H groups in total. The summed E-state index contributed by atoms with van der Waals surface area (Å²) < 4.78 is 4.89. The molecule has 1 aliphatic heterocycles. The van der Waals surface area contributed by atoms with Gasteiger partial charge in [0.25, 0.3) is 0 Å². The van der Waals surface area contributed by atoms with Crippen LogP contribution in [0.1, 0.15) is 17.5 Å². The lowest BCUT2D eigenvalue weighted by Gasteiger charge is -2.36. The number of carbonyl (C=O) groups excluding carboxylic acids is 3. The number of Topliss-reactive ketones (excluding diaryl/α,β-unsaturated/α-hetero) is 1. The molecule has 0 aliphatic carbocycles. The maximum atomic E-state index is 12.9. The molecular formula is C21H21NO4. The van der Waals surface area contributed by atoms with Crippen molar-refractivity contribution >= 4 is 17.7 Å². The van der Waals surface area contributed by atoms with Gasteiger partial charge in [-0.1, -0.05) is 60.7 Å². The van der Waals surface area contributed by atoms with Crippen molar-refractivity contribution in [2.24, 2.45) is 5.41 Å². The summed E-state index contributed by atoms with van der Waals surface area (Å²) in [6.07, 6.45) is 0.391. The Kier molecular flexibility index (Phi) is 5.16. The first-order valence-electron chi connectivity index (χ1n) is 8.55. The molecule has 2 aromatic carbocycles. The molecule has 134 valence electrons. The van der Waals surface area contributed by atoms with Gasteiger partial charge in [-0.3, -0.25) is 14.4 Å². The Labute approximate surface area is 152 Å². The molecule has 3 rings (SSSR count). The van der Waals surface area contributed by atoms with E-state index in [9.17, 15) is 14.4 Å². The second kappa shape index (κ2) is 7.52. The molecule has 2 aromatic rings. The number of ketones is 1. The van der Waals surface area contributed by atoms with Crippen molar-refractivity contribution in [3.63, 3.8) is 0 Å². The zero-order valence-electron chi connectivity index (χ0n) is 14.6. The van der Waals surface area contributed by atoms with Crippen molar-refractivity contribution in [1.82, 2.24) is 5.32 Å². The molecule has 0 bridgehead atoms. The third kappa shape index (κ3) is 3.52. The first kappa shape index (κ1) is 17.9. The summed E-state index contributed by atoms with van der Waals surface area (Å²) in [7, 11) is 1.24. The van der Waals surface area contributed by atoms with E-state index in [1.165, 1.54) is 7.11 Å². The average molecular weight is 351 g/mol. The Morgan fingerprint density at radius 3 is 2.19 bits per heavy atom. The first-order chi connectivity index (χ1) is 12.5. The van der Waals surface area contributed by atoms with Crippen LogP contribution in [0, 0.1) is 5.41 Å². The van der Waals surface area contributed by atoms with Gasteiger partial charge in [0.1, 0.15) is 0 Å². The van der Waals surface area contributed by atoms with Crippen LogP contribution in [0.15, 0.2) is 60.7 Å². The highest BCUT2D eigenvalue weighted by atomic mass is 16.5. The maximum Gasteiger partial charge on any atom is 0.322 e. The molecule has 0 unspecified atom stereocenters. The fourth-order valence-electron chi connectivity index (χ4n) is 3.41. The van der Waals surface area contributed by atoms with E-state index in [0.29, 0.717) is 6.42 Å². The van der Waals surface area contributed by atoms with E-state index in [-0.39, 0.29) is 18.6 Å². The monoisotopic (exact) mass is 351 g/mol. The van der Waals surface area contributed by atoms with Crippen LogP contribution in [0.25, 0.3) is 0 Å². The van der Waals surface area contributed by atoms with E-state index in [1.54, 1.807) is 0 Å². The first-order valence-corrected chi connectivity index (χ1v) is 8.55. The second-order valence-corrected chi connectivity index (χ2v) is 6.59. The van der Waals surface area contributed by atoms with E-state index in [2.05, 4.69) is 5.32 Å². The van der Waals surface area contributed by atoms with Crippen LogP contribution < -0.4 is 5.32 Å². The number of esters is 1. The van der Waals surface area contributed by atoms with Crippen LogP contribution in [0.3, 0.4) is 0 Å². The smallest absolute Gasteiger partial charge is 0.322 e. The van der Waals surface area contributed by atoms with Gasteiger partial charge in [0.2, 0.25) is 5.91 Å². The number of methoxy groups -OCH3 is 1. The van der Waals surface area contributed by atoms with Crippen molar-refractivity contribution in [2.45, 2.75) is 25.3 Å². The Morgan fingerprint density at radius 1 is 1.04 bits per heavy atom. The van der Waals surface area contributed by atoms with Gasteiger partial charge in [0.05, 0.1) is 13.2 Å². The largest absolute Gasteiger partial charge is 0.468 e. The summed E-state index contributed by atoms with van der Waals surface area (Å²) >= 11 is 0. The van der Waals surface area contributed by atoms with Crippen LogP contribution in [-0.2, 0) is 32.0 Å². The number of piperidine rings is 1. The van der Waals surface area contributed by atoms with Gasteiger partial charge in [-0.2, -0.15) is 0 Å². The molecule has 5 heteroatoms. The topological polar surface area (TPSA) is 72.5 Å². The summed E-state index contributed by atoms with van der Waals surface area (Å²) in [6, 6.07) is 18.1. The van der Waals surface area contributed by atoms with Gasteiger partial charge in [0.15, 0.2) is 11.2 Å². The second-order valence-electron chi connectivity index (χ2n) is 6.59. The van der Waals surface area contributed by atoms with Gasteiger partial charge in [-0.05, 0) is 24.0 Å². The van der Waals surface area contributed by atoms with Crippen molar-refractivity contribution in [3.05, 3.63) is 71.8 Å². The molecule has 5 nitrogen and oxygen atoms in total. The molecule has 1 fully saturated rings. The zero-order valence-corrected chi connectivity index (χ0v) is 14.6. The standard InChI is InChI=1S/C21H21NO4/c1-26-20(25)21(13-16-10-6-3-7-11-16)14-18(23)17(22-19(21)24)12-15-8-4-2-5-9-15/h2-11,17H,12-14H2,1H3,(H,22,24)/t17-,21-/m0/s1. The van der Waals surface area contributed by atoms with Crippen LogP contribution in [-0.4, -0.2) is 30.8 Å². The quantitative estimate of drug-likeness (QED) is 0.661. The fraction of sp³-hybridized carbons (Fsp3) is 0.286. The Hall–Kier alpha value is -2.95. The maximum absolute atomic E-state index is 12.9. The molecule has 1 amide bonds. The Bertz CT molecular complexity index is 803. The third-order valence-electron chi connectivity index (χ3n) is 4.81. The average Bonchev–Trinajstić information content (AvgIpc) is 2.66. The molecule has 0 spiro atoms. The van der Waals surface area contributed by atoms with Crippen LogP contribution in [0.5, 0.6) is 0 Å². The molecule has 1 heterocycles. The number of carbonyl (C=O) groups is 3. The molecule has 0 aromatic heterocycles. The molecule has 2 atom stereocenters. The molecule has 1 saturated heterocycles. The van der Waals surface area contributed by atoms with E-state index < -0.39 is 23.3 Å². The van der Waals surface area contributed by atoms with E-state index in [4.69, 9.17) is 4.74 Å². The fourth-order valence-corrected chi connectivity index (χ4v) is 3.41. The lowest BCUT2D eigenvalue weighted by atomic mass is 9.72. The van der Waals surface area contributed by atoms with Crippen molar-refractivity contribution < 1.29 is 19.1 Å². The summed E-state index contributed by atoms with van der Waals surface area (Å²) in [6.45, 7) is 0. The molecule has 0 radical (unpaired) electrons. The molecular weight excluding hydrogens is 330 g/mol. The third-order valence-corrected chi connectivity index (χ3v) is 4.81. The van der Waals surface area contributed by atoms with Gasteiger partial charge in [0, 0.05) is 6.42 Å². The summed E-state index contributed by atoms with van der Waals surface area (Å²) in [5, 5.41) is 2.75. The summed E-state index contributed by atoms with van der Waals surface area (Å²) in [5.41, 5.74) is 0.252. The van der Waals surface area contributed by atoms with Gasteiger partial charge in [-0.15, -0.1) is 0 Å². The number of benzene rings is 2. The highest BCUT2D eigenvalue weighted by molar-refractivity contribution is 6.11. The highest BCUT2D eigenvalue weighted by Gasteiger charge is 2.53. The molecule has 1 aliphatic rings. The normalized spacial score (nSPS) is 22.6. The number of nitrogens with one attached hydrogen (secondary N) is 1.